The van der Waals surface area contributed by atoms with Gasteiger partial charge in [0.15, 0.2) is 0 Å². The number of nitrogens with zero attached hydrogens (tertiary/aromatic N) is 2. The monoisotopic (exact) mass is 372 g/mol. The lowest BCUT2D eigenvalue weighted by Gasteiger charge is -2.30. The summed E-state index contributed by atoms with van der Waals surface area (Å²) in [6.07, 6.45) is 0.829. The molecule has 0 aliphatic heterocycles. The molecule has 1 aromatic heterocycles. The Hall–Kier alpha value is -2.14. The van der Waals surface area contributed by atoms with Crippen LogP contribution >= 0.6 is 11.3 Å². The van der Waals surface area contributed by atoms with Crippen molar-refractivity contribution in [3.8, 4) is 0 Å². The maximum absolute atomic E-state index is 13.0. The fourth-order valence-corrected chi connectivity index (χ4v) is 3.74. The van der Waals surface area contributed by atoms with E-state index in [-0.39, 0.29) is 24.4 Å². The van der Waals surface area contributed by atoms with Gasteiger partial charge >= 0.3 is 0 Å². The number of carbonyl (C=O) groups excluding carboxylic acids is 2. The van der Waals surface area contributed by atoms with Crippen LogP contribution in [0.15, 0.2) is 42.5 Å². The van der Waals surface area contributed by atoms with Gasteiger partial charge in [0, 0.05) is 29.3 Å². The van der Waals surface area contributed by atoms with Crippen LogP contribution in [0.1, 0.15) is 42.5 Å². The van der Waals surface area contributed by atoms with Crippen LogP contribution in [0.3, 0.4) is 0 Å². The summed E-state index contributed by atoms with van der Waals surface area (Å²) in [6.45, 7) is 8.85. The summed E-state index contributed by atoms with van der Waals surface area (Å²) in [7, 11) is 0. The van der Waals surface area contributed by atoms with Crippen molar-refractivity contribution in [2.24, 2.45) is 0 Å². The van der Waals surface area contributed by atoms with Crippen LogP contribution in [0, 0.1) is 6.92 Å². The third-order valence-corrected chi connectivity index (χ3v) is 5.53. The highest BCUT2D eigenvalue weighted by molar-refractivity contribution is 7.11. The molecular weight excluding hydrogens is 344 g/mol. The Morgan fingerprint density at radius 2 is 1.77 bits per heavy atom. The third kappa shape index (κ3) is 5.70. The van der Waals surface area contributed by atoms with E-state index in [0.29, 0.717) is 13.1 Å². The zero-order chi connectivity index (χ0) is 19.1. The second kappa shape index (κ2) is 9.53. The Bertz CT molecular complexity index is 727. The third-order valence-electron chi connectivity index (χ3n) is 4.54. The van der Waals surface area contributed by atoms with E-state index in [4.69, 9.17) is 0 Å². The largest absolute Gasteiger partial charge is 0.332 e. The molecule has 0 spiro atoms. The minimum absolute atomic E-state index is 0.0181. The van der Waals surface area contributed by atoms with Crippen molar-refractivity contribution >= 4 is 23.2 Å². The number of carbonyl (C=O) groups is 2. The molecule has 2 aromatic rings. The predicted octanol–water partition coefficient (Wildman–Crippen LogP) is 4.23. The van der Waals surface area contributed by atoms with E-state index in [1.165, 1.54) is 11.8 Å². The SMILES string of the molecule is CC[C@@H](C)N(CC(=O)N(Cc1ccccc1)Cc1ccc(C)s1)C(C)=O. The first kappa shape index (κ1) is 20.2. The highest BCUT2D eigenvalue weighted by Crippen LogP contribution is 2.19. The normalized spacial score (nSPS) is 11.8. The zero-order valence-corrected chi connectivity index (χ0v) is 16.9. The molecule has 5 heteroatoms. The van der Waals surface area contributed by atoms with Crippen molar-refractivity contribution in [2.75, 3.05) is 6.54 Å². The molecule has 1 heterocycles. The van der Waals surface area contributed by atoms with Crippen molar-refractivity contribution in [1.82, 2.24) is 9.80 Å². The van der Waals surface area contributed by atoms with E-state index >= 15 is 0 Å². The van der Waals surface area contributed by atoms with Crippen LogP contribution in [0.25, 0.3) is 0 Å². The molecule has 2 rings (SSSR count). The van der Waals surface area contributed by atoms with Gasteiger partial charge in [0.25, 0.3) is 0 Å². The summed E-state index contributed by atoms with van der Waals surface area (Å²) in [5.41, 5.74) is 1.09. The highest BCUT2D eigenvalue weighted by Gasteiger charge is 2.23. The minimum atomic E-state index is -0.0562. The molecule has 0 saturated heterocycles. The first-order valence-corrected chi connectivity index (χ1v) is 9.86. The smallest absolute Gasteiger partial charge is 0.242 e. The number of hydrogen-bond donors (Lipinski definition) is 0. The molecule has 1 aromatic carbocycles. The van der Waals surface area contributed by atoms with Gasteiger partial charge in [-0.1, -0.05) is 37.3 Å². The van der Waals surface area contributed by atoms with Crippen molar-refractivity contribution in [3.05, 3.63) is 57.8 Å². The van der Waals surface area contributed by atoms with Crippen molar-refractivity contribution in [1.29, 1.82) is 0 Å². The van der Waals surface area contributed by atoms with E-state index < -0.39 is 0 Å². The van der Waals surface area contributed by atoms with Crippen LogP contribution in [-0.4, -0.2) is 34.2 Å². The molecule has 0 saturated carbocycles. The summed E-state index contributed by atoms with van der Waals surface area (Å²) >= 11 is 1.71. The van der Waals surface area contributed by atoms with Gasteiger partial charge in [0.1, 0.15) is 0 Å². The fourth-order valence-electron chi connectivity index (χ4n) is 2.84. The average molecular weight is 373 g/mol. The van der Waals surface area contributed by atoms with Gasteiger partial charge in [-0.05, 0) is 38.0 Å². The van der Waals surface area contributed by atoms with E-state index in [1.807, 2.05) is 49.1 Å². The van der Waals surface area contributed by atoms with E-state index in [0.717, 1.165) is 16.9 Å². The van der Waals surface area contributed by atoms with Gasteiger partial charge in [-0.2, -0.15) is 0 Å². The number of aryl methyl sites for hydroxylation is 1. The van der Waals surface area contributed by atoms with E-state index in [9.17, 15) is 9.59 Å². The standard InChI is InChI=1S/C21H28N2O2S/c1-5-16(2)23(18(4)24)15-21(25)22(13-19-9-7-6-8-10-19)14-20-12-11-17(3)26-20/h6-12,16H,5,13-15H2,1-4H3/t16-/m1/s1. The molecule has 0 unspecified atom stereocenters. The molecule has 0 bridgehead atoms. The molecule has 26 heavy (non-hydrogen) atoms. The lowest BCUT2D eigenvalue weighted by atomic mass is 10.2. The summed E-state index contributed by atoms with van der Waals surface area (Å²) in [6, 6.07) is 14.2. The number of amides is 2. The Labute approximate surface area is 160 Å². The Balaban J connectivity index is 2.17. The minimum Gasteiger partial charge on any atom is -0.332 e. The Kier molecular flexibility index (Phi) is 7.39. The van der Waals surface area contributed by atoms with Gasteiger partial charge in [-0.3, -0.25) is 9.59 Å². The van der Waals surface area contributed by atoms with Gasteiger partial charge in [-0.25, -0.2) is 0 Å². The lowest BCUT2D eigenvalue weighted by Crippen LogP contribution is -2.45. The van der Waals surface area contributed by atoms with Crippen molar-refractivity contribution < 1.29 is 9.59 Å². The lowest BCUT2D eigenvalue weighted by molar-refractivity contribution is -0.141. The highest BCUT2D eigenvalue weighted by atomic mass is 32.1. The van der Waals surface area contributed by atoms with Gasteiger partial charge in [0.2, 0.25) is 11.8 Å². The number of hydrogen-bond acceptors (Lipinski definition) is 3. The van der Waals surface area contributed by atoms with E-state index in [1.54, 1.807) is 16.2 Å². The average Bonchev–Trinajstić information content (AvgIpc) is 3.03. The van der Waals surface area contributed by atoms with Gasteiger partial charge in [-0.15, -0.1) is 11.3 Å². The zero-order valence-electron chi connectivity index (χ0n) is 16.1. The Morgan fingerprint density at radius 1 is 1.08 bits per heavy atom. The molecule has 0 radical (unpaired) electrons. The fraction of sp³-hybridized carbons (Fsp3) is 0.429. The van der Waals surface area contributed by atoms with Gasteiger partial charge < -0.3 is 9.80 Å². The van der Waals surface area contributed by atoms with Crippen LogP contribution < -0.4 is 0 Å². The molecule has 1 atom stereocenters. The molecule has 0 fully saturated rings. The predicted molar refractivity (Wildman–Crippen MR) is 107 cm³/mol. The number of rotatable bonds is 8. The van der Waals surface area contributed by atoms with Crippen LogP contribution in [0.5, 0.6) is 0 Å². The molecule has 0 aliphatic rings. The van der Waals surface area contributed by atoms with E-state index in [2.05, 4.69) is 19.1 Å². The molecule has 140 valence electrons. The first-order chi connectivity index (χ1) is 12.4. The Morgan fingerprint density at radius 3 is 2.31 bits per heavy atom. The van der Waals surface area contributed by atoms with Crippen molar-refractivity contribution in [2.45, 2.75) is 53.2 Å². The maximum Gasteiger partial charge on any atom is 0.242 e. The van der Waals surface area contributed by atoms with Crippen LogP contribution in [0.2, 0.25) is 0 Å². The summed E-state index contributed by atoms with van der Waals surface area (Å²) < 4.78 is 0. The summed E-state index contributed by atoms with van der Waals surface area (Å²) in [5.74, 6) is -0.0743. The molecule has 2 amide bonds. The number of benzene rings is 1. The topological polar surface area (TPSA) is 40.6 Å². The molecule has 4 nitrogen and oxygen atoms in total. The second-order valence-electron chi connectivity index (χ2n) is 6.65. The number of thiophene rings is 1. The molecule has 0 aliphatic carbocycles. The van der Waals surface area contributed by atoms with Crippen LogP contribution in [0.4, 0.5) is 0 Å². The van der Waals surface area contributed by atoms with Gasteiger partial charge in [0.05, 0.1) is 13.1 Å². The summed E-state index contributed by atoms with van der Waals surface area (Å²) in [4.78, 5) is 30.9. The van der Waals surface area contributed by atoms with Crippen LogP contribution in [-0.2, 0) is 22.7 Å². The quantitative estimate of drug-likeness (QED) is 0.696. The summed E-state index contributed by atoms with van der Waals surface area (Å²) in [5, 5.41) is 0. The second-order valence-corrected chi connectivity index (χ2v) is 8.02. The maximum atomic E-state index is 13.0. The molecular formula is C21H28N2O2S. The first-order valence-electron chi connectivity index (χ1n) is 9.05. The van der Waals surface area contributed by atoms with Crippen molar-refractivity contribution in [3.63, 3.8) is 0 Å². The molecule has 0 N–H and O–H groups in total.